The highest BCUT2D eigenvalue weighted by Crippen LogP contribution is 2.40. The van der Waals surface area contributed by atoms with Crippen LogP contribution in [0.1, 0.15) is 74.7 Å². The molecule has 0 N–H and O–H groups in total. The molecule has 0 aromatic heterocycles. The van der Waals surface area contributed by atoms with E-state index in [2.05, 4.69) is 0 Å². The van der Waals surface area contributed by atoms with E-state index in [4.69, 9.17) is 4.74 Å². The maximum absolute atomic E-state index is 12.1. The van der Waals surface area contributed by atoms with Crippen LogP contribution in [0.15, 0.2) is 0 Å². The molecule has 2 amide bonds. The summed E-state index contributed by atoms with van der Waals surface area (Å²) in [6, 6.07) is 0. The van der Waals surface area contributed by atoms with E-state index in [0.717, 1.165) is 39.0 Å². The summed E-state index contributed by atoms with van der Waals surface area (Å²) in [6.07, 6.45) is 2.30. The van der Waals surface area contributed by atoms with Crippen molar-refractivity contribution in [1.82, 2.24) is 9.80 Å². The zero-order chi connectivity index (χ0) is 19.0. The molecule has 5 nitrogen and oxygen atoms in total. The Morgan fingerprint density at radius 3 is 1.88 bits per heavy atom. The van der Waals surface area contributed by atoms with E-state index in [0.29, 0.717) is 6.42 Å². The Morgan fingerprint density at radius 1 is 0.958 bits per heavy atom. The van der Waals surface area contributed by atoms with Crippen LogP contribution in [0.25, 0.3) is 0 Å². The van der Waals surface area contributed by atoms with Gasteiger partial charge in [0.2, 0.25) is 5.91 Å². The van der Waals surface area contributed by atoms with Gasteiger partial charge in [-0.15, -0.1) is 0 Å². The lowest BCUT2D eigenvalue weighted by Crippen LogP contribution is -2.38. The monoisotopic (exact) mass is 342 g/mol. The Hall–Kier alpha value is -1.26. The number of hydrogen-bond acceptors (Lipinski definition) is 3. The molecule has 0 aliphatic carbocycles. The fourth-order valence-corrected chi connectivity index (χ4v) is 3.12. The molecule has 0 radical (unpaired) electrons. The molecule has 142 valence electrons. The number of carbonyl (C=O) groups is 2. The third-order valence-electron chi connectivity index (χ3n) is 4.18. The van der Waals surface area contributed by atoms with Crippen LogP contribution in [0.2, 0.25) is 0 Å². The summed E-state index contributed by atoms with van der Waals surface area (Å²) < 4.78 is 5.43. The standard InChI is InChI=1S/C15H26N2O3.2C2H6/c1-5-12(18)16-8-6-15(10-16)7-9-17(11-15)13(19)20-14(2,3)4;2*1-2/h5-11H2,1-4H3;2*1-2H3. The normalized spacial score (nSPS) is 22.5. The van der Waals surface area contributed by atoms with E-state index in [9.17, 15) is 9.59 Å². The second-order valence-electron chi connectivity index (χ2n) is 7.07. The van der Waals surface area contributed by atoms with Crippen LogP contribution < -0.4 is 0 Å². The first kappa shape index (κ1) is 22.7. The van der Waals surface area contributed by atoms with Gasteiger partial charge < -0.3 is 14.5 Å². The lowest BCUT2D eigenvalue weighted by Gasteiger charge is -2.27. The van der Waals surface area contributed by atoms with Crippen molar-refractivity contribution in [3.63, 3.8) is 0 Å². The van der Waals surface area contributed by atoms with Gasteiger partial charge in [-0.25, -0.2) is 4.79 Å². The number of rotatable bonds is 1. The van der Waals surface area contributed by atoms with Gasteiger partial charge in [0, 0.05) is 38.0 Å². The van der Waals surface area contributed by atoms with Gasteiger partial charge in [-0.1, -0.05) is 34.6 Å². The molecule has 2 aliphatic rings. The number of likely N-dealkylation sites (tertiary alicyclic amines) is 2. The van der Waals surface area contributed by atoms with Gasteiger partial charge in [0.15, 0.2) is 0 Å². The molecule has 2 fully saturated rings. The van der Waals surface area contributed by atoms with Crippen molar-refractivity contribution in [1.29, 1.82) is 0 Å². The van der Waals surface area contributed by atoms with Crippen LogP contribution in [-0.2, 0) is 9.53 Å². The van der Waals surface area contributed by atoms with Crippen molar-refractivity contribution in [2.24, 2.45) is 5.41 Å². The Bertz CT molecular complexity index is 404. The molecule has 0 bridgehead atoms. The van der Waals surface area contributed by atoms with Crippen molar-refractivity contribution in [2.45, 2.75) is 80.3 Å². The lowest BCUT2D eigenvalue weighted by atomic mass is 9.86. The molecule has 1 atom stereocenters. The Balaban J connectivity index is 0.00000123. The number of nitrogens with zero attached hydrogens (tertiary/aromatic N) is 2. The fourth-order valence-electron chi connectivity index (χ4n) is 3.12. The SMILES string of the molecule is CC.CC.CCC(=O)N1CCC2(CCN(C(=O)OC(C)(C)C)C2)C1. The lowest BCUT2D eigenvalue weighted by molar-refractivity contribution is -0.130. The summed E-state index contributed by atoms with van der Waals surface area (Å²) in [5.41, 5.74) is -0.353. The third kappa shape index (κ3) is 6.33. The molecule has 1 spiro atoms. The van der Waals surface area contributed by atoms with E-state index in [-0.39, 0.29) is 17.4 Å². The predicted molar refractivity (Wildman–Crippen MR) is 99.0 cm³/mol. The topological polar surface area (TPSA) is 49.9 Å². The van der Waals surface area contributed by atoms with Gasteiger partial charge in [-0.3, -0.25) is 4.79 Å². The molecule has 2 aliphatic heterocycles. The second kappa shape index (κ2) is 9.90. The quantitative estimate of drug-likeness (QED) is 0.713. The zero-order valence-corrected chi connectivity index (χ0v) is 17.1. The van der Waals surface area contributed by atoms with Crippen LogP contribution in [0.5, 0.6) is 0 Å². The predicted octanol–water partition coefficient (Wildman–Crippen LogP) is 4.31. The average molecular weight is 343 g/mol. The number of ether oxygens (including phenoxy) is 1. The Labute approximate surface area is 148 Å². The van der Waals surface area contributed by atoms with Gasteiger partial charge in [0.1, 0.15) is 5.60 Å². The van der Waals surface area contributed by atoms with Gasteiger partial charge in [-0.2, -0.15) is 0 Å². The number of hydrogen-bond donors (Lipinski definition) is 0. The molecule has 0 aromatic rings. The summed E-state index contributed by atoms with van der Waals surface area (Å²) in [5, 5.41) is 0. The molecule has 1 unspecified atom stereocenters. The van der Waals surface area contributed by atoms with Crippen LogP contribution in [0.3, 0.4) is 0 Å². The largest absolute Gasteiger partial charge is 0.444 e. The molecule has 2 saturated heterocycles. The molecule has 5 heteroatoms. The van der Waals surface area contributed by atoms with Gasteiger partial charge in [-0.05, 0) is 33.6 Å². The van der Waals surface area contributed by atoms with Gasteiger partial charge in [0.25, 0.3) is 0 Å². The number of amides is 2. The third-order valence-corrected chi connectivity index (χ3v) is 4.18. The second-order valence-corrected chi connectivity index (χ2v) is 7.07. The average Bonchev–Trinajstić information content (AvgIpc) is 3.17. The van der Waals surface area contributed by atoms with E-state index in [1.54, 1.807) is 4.90 Å². The maximum Gasteiger partial charge on any atom is 0.410 e. The van der Waals surface area contributed by atoms with E-state index in [1.807, 2.05) is 60.3 Å². The van der Waals surface area contributed by atoms with Crippen LogP contribution >= 0.6 is 0 Å². The number of carbonyl (C=O) groups excluding carboxylic acids is 2. The molecule has 24 heavy (non-hydrogen) atoms. The maximum atomic E-state index is 12.1. The molecular formula is C19H38N2O3. The highest BCUT2D eigenvalue weighted by atomic mass is 16.6. The van der Waals surface area contributed by atoms with Crippen LogP contribution in [0.4, 0.5) is 4.79 Å². The first-order valence-corrected chi connectivity index (χ1v) is 9.50. The molecule has 0 aromatic carbocycles. The van der Waals surface area contributed by atoms with Gasteiger partial charge >= 0.3 is 6.09 Å². The van der Waals surface area contributed by atoms with Gasteiger partial charge in [0.05, 0.1) is 0 Å². The molecule has 2 rings (SSSR count). The minimum absolute atomic E-state index is 0.0989. The van der Waals surface area contributed by atoms with E-state index < -0.39 is 5.60 Å². The summed E-state index contributed by atoms with van der Waals surface area (Å²) >= 11 is 0. The van der Waals surface area contributed by atoms with E-state index in [1.165, 1.54) is 0 Å². The summed E-state index contributed by atoms with van der Waals surface area (Å²) in [5.74, 6) is 0.220. The highest BCUT2D eigenvalue weighted by molar-refractivity contribution is 5.76. The Kier molecular flexibility index (Phi) is 9.38. The van der Waals surface area contributed by atoms with Crippen molar-refractivity contribution in [2.75, 3.05) is 26.2 Å². The summed E-state index contributed by atoms with van der Waals surface area (Å²) in [6.45, 7) is 18.6. The van der Waals surface area contributed by atoms with Crippen molar-refractivity contribution in [3.8, 4) is 0 Å². The summed E-state index contributed by atoms with van der Waals surface area (Å²) in [7, 11) is 0. The van der Waals surface area contributed by atoms with Crippen molar-refractivity contribution >= 4 is 12.0 Å². The molecule has 0 saturated carbocycles. The minimum atomic E-state index is -0.452. The molecular weight excluding hydrogens is 304 g/mol. The smallest absolute Gasteiger partial charge is 0.410 e. The minimum Gasteiger partial charge on any atom is -0.444 e. The first-order chi connectivity index (χ1) is 11.2. The fraction of sp³-hybridized carbons (Fsp3) is 0.895. The Morgan fingerprint density at radius 2 is 1.42 bits per heavy atom. The van der Waals surface area contributed by atoms with Crippen molar-refractivity contribution < 1.29 is 14.3 Å². The first-order valence-electron chi connectivity index (χ1n) is 9.50. The summed E-state index contributed by atoms with van der Waals surface area (Å²) in [4.78, 5) is 27.6. The van der Waals surface area contributed by atoms with Crippen molar-refractivity contribution in [3.05, 3.63) is 0 Å². The van der Waals surface area contributed by atoms with Crippen LogP contribution in [-0.4, -0.2) is 53.6 Å². The molecule has 2 heterocycles. The zero-order valence-electron chi connectivity index (χ0n) is 17.1. The van der Waals surface area contributed by atoms with E-state index >= 15 is 0 Å². The highest BCUT2D eigenvalue weighted by Gasteiger charge is 2.46. The van der Waals surface area contributed by atoms with Crippen LogP contribution in [0, 0.1) is 5.41 Å².